The lowest BCUT2D eigenvalue weighted by atomic mass is 10.1. The van der Waals surface area contributed by atoms with Gasteiger partial charge in [-0.3, -0.25) is 0 Å². The highest BCUT2D eigenvalue weighted by Gasteiger charge is 2.25. The van der Waals surface area contributed by atoms with Crippen LogP contribution in [0.2, 0.25) is 0 Å². The number of ether oxygens (including phenoxy) is 1. The van der Waals surface area contributed by atoms with Crippen molar-refractivity contribution in [2.45, 2.75) is 18.3 Å². The number of hydrogen-bond donors (Lipinski definition) is 1. The van der Waals surface area contributed by atoms with E-state index in [0.29, 0.717) is 22.5 Å². The summed E-state index contributed by atoms with van der Waals surface area (Å²) in [6.07, 6.45) is 3.55. The van der Waals surface area contributed by atoms with Gasteiger partial charge in [0.2, 0.25) is 11.0 Å². The number of thioether (sulfide) groups is 1. The normalized spacial score (nSPS) is 15.5. The van der Waals surface area contributed by atoms with Crippen LogP contribution in [-0.4, -0.2) is 27.2 Å². The second-order valence-corrected chi connectivity index (χ2v) is 7.32. The van der Waals surface area contributed by atoms with Gasteiger partial charge in [0.1, 0.15) is 0 Å². The highest BCUT2D eigenvalue weighted by atomic mass is 32.2. The van der Waals surface area contributed by atoms with Gasteiger partial charge in [-0.25, -0.2) is 0 Å². The van der Waals surface area contributed by atoms with Crippen molar-refractivity contribution in [3.63, 3.8) is 0 Å². The number of hydrogen-bond acceptors (Lipinski definition) is 6. The molecule has 0 saturated heterocycles. The fourth-order valence-electron chi connectivity index (χ4n) is 2.94. The topological polar surface area (TPSA) is 59.9 Å². The molecule has 1 aliphatic rings. The molecule has 0 aliphatic carbocycles. The lowest BCUT2D eigenvalue weighted by Gasteiger charge is -2.20. The van der Waals surface area contributed by atoms with Gasteiger partial charge in [-0.2, -0.15) is 4.98 Å². The molecule has 1 unspecified atom stereocenters. The maximum atomic E-state index is 6.26. The summed E-state index contributed by atoms with van der Waals surface area (Å²) in [5.41, 5.74) is 4.66. The number of benzene rings is 2. The highest BCUT2D eigenvalue weighted by Crippen LogP contribution is 2.37. The lowest BCUT2D eigenvalue weighted by Crippen LogP contribution is -2.27. The predicted octanol–water partition coefficient (Wildman–Crippen LogP) is 5.05. The van der Waals surface area contributed by atoms with E-state index >= 15 is 0 Å². The average molecular weight is 388 g/mol. The van der Waals surface area contributed by atoms with E-state index in [-0.39, 0.29) is 6.23 Å². The Morgan fingerprint density at radius 2 is 1.93 bits per heavy atom. The summed E-state index contributed by atoms with van der Waals surface area (Å²) in [5.74, 6) is 1.19. The third kappa shape index (κ3) is 3.92. The van der Waals surface area contributed by atoms with Crippen LogP contribution in [0, 0.1) is 0 Å². The van der Waals surface area contributed by atoms with Gasteiger partial charge in [0.25, 0.3) is 0 Å². The minimum absolute atomic E-state index is 0.364. The van der Waals surface area contributed by atoms with Gasteiger partial charge in [-0.1, -0.05) is 72.4 Å². The number of rotatable bonds is 5. The molecule has 0 bridgehead atoms. The molecule has 0 radical (unpaired) electrons. The van der Waals surface area contributed by atoms with E-state index in [2.05, 4.69) is 45.3 Å². The molecule has 1 aromatic heterocycles. The van der Waals surface area contributed by atoms with Crippen LogP contribution in [0.3, 0.4) is 0 Å². The summed E-state index contributed by atoms with van der Waals surface area (Å²) in [7, 11) is 0. The van der Waals surface area contributed by atoms with Crippen LogP contribution >= 0.6 is 11.8 Å². The summed E-state index contributed by atoms with van der Waals surface area (Å²) >= 11 is 1.48. The third-order valence-electron chi connectivity index (χ3n) is 4.27. The second-order valence-electron chi connectivity index (χ2n) is 6.33. The van der Waals surface area contributed by atoms with Crippen LogP contribution in [0.4, 0.5) is 5.69 Å². The first kappa shape index (κ1) is 18.3. The van der Waals surface area contributed by atoms with Gasteiger partial charge in [0.15, 0.2) is 11.9 Å². The minimum atomic E-state index is -0.364. The summed E-state index contributed by atoms with van der Waals surface area (Å²) < 4.78 is 6.26. The molecule has 4 rings (SSSR count). The van der Waals surface area contributed by atoms with Crippen molar-refractivity contribution < 1.29 is 4.74 Å². The minimum Gasteiger partial charge on any atom is -0.448 e. The molecule has 0 fully saturated rings. The number of fused-ring (bicyclic) bond motifs is 3. The monoisotopic (exact) mass is 388 g/mol. The van der Waals surface area contributed by atoms with Gasteiger partial charge in [-0.15, -0.1) is 16.8 Å². The Labute approximate surface area is 168 Å². The molecule has 1 atom stereocenters. The number of nitrogens with one attached hydrogen (secondary N) is 1. The first-order chi connectivity index (χ1) is 13.7. The zero-order valence-electron chi connectivity index (χ0n) is 15.5. The standard InChI is InChI=1S/C22H20N4OS/c1-3-13-28-22-24-21-19(25-26-22)17-11-7-8-12-18(17)23-20(27-21)15(2)14-16-9-5-4-6-10-16/h3-12,14,20,23H,1,13H2,2H3/b15-14+. The van der Waals surface area contributed by atoms with Gasteiger partial charge >= 0.3 is 0 Å². The van der Waals surface area contributed by atoms with Crippen molar-refractivity contribution in [1.82, 2.24) is 15.2 Å². The number of para-hydroxylation sites is 1. The smallest absolute Gasteiger partial charge is 0.247 e. The molecule has 6 heteroatoms. The van der Waals surface area contributed by atoms with E-state index < -0.39 is 0 Å². The molecule has 2 aromatic carbocycles. The molecular formula is C22H20N4OS. The second kappa shape index (κ2) is 8.27. The molecule has 1 aliphatic heterocycles. The van der Waals surface area contributed by atoms with E-state index in [0.717, 1.165) is 22.4 Å². The van der Waals surface area contributed by atoms with E-state index in [1.807, 2.05) is 55.5 Å². The Hall–Kier alpha value is -3.12. The molecular weight excluding hydrogens is 368 g/mol. The van der Waals surface area contributed by atoms with Gasteiger partial charge in [0, 0.05) is 17.0 Å². The van der Waals surface area contributed by atoms with E-state index in [4.69, 9.17) is 4.74 Å². The zero-order chi connectivity index (χ0) is 19.3. The van der Waals surface area contributed by atoms with Crippen molar-refractivity contribution in [1.29, 1.82) is 0 Å². The van der Waals surface area contributed by atoms with Crippen molar-refractivity contribution in [2.24, 2.45) is 0 Å². The maximum Gasteiger partial charge on any atom is 0.247 e. The van der Waals surface area contributed by atoms with E-state index in [9.17, 15) is 0 Å². The molecule has 0 spiro atoms. The molecule has 1 N–H and O–H groups in total. The van der Waals surface area contributed by atoms with Gasteiger partial charge < -0.3 is 10.1 Å². The Bertz CT molecular complexity index is 1020. The quantitative estimate of drug-likeness (QED) is 0.487. The molecule has 140 valence electrons. The largest absolute Gasteiger partial charge is 0.448 e. The lowest BCUT2D eigenvalue weighted by molar-refractivity contribution is 0.255. The van der Waals surface area contributed by atoms with Crippen LogP contribution in [0.1, 0.15) is 12.5 Å². The first-order valence-electron chi connectivity index (χ1n) is 8.99. The number of nitrogens with zero attached hydrogens (tertiary/aromatic N) is 3. The summed E-state index contributed by atoms with van der Waals surface area (Å²) in [5, 5.41) is 12.7. The Morgan fingerprint density at radius 3 is 2.75 bits per heavy atom. The third-order valence-corrected chi connectivity index (χ3v) is 5.10. The zero-order valence-corrected chi connectivity index (χ0v) is 16.3. The molecule has 0 amide bonds. The van der Waals surface area contributed by atoms with Crippen molar-refractivity contribution in [3.8, 4) is 17.1 Å². The van der Waals surface area contributed by atoms with Crippen LogP contribution in [0.25, 0.3) is 17.3 Å². The SMILES string of the molecule is C=CCSc1nnc2c(n1)OC(/C(C)=C/c1ccccc1)Nc1ccccc1-2. The van der Waals surface area contributed by atoms with Crippen LogP contribution in [0.5, 0.6) is 5.88 Å². The van der Waals surface area contributed by atoms with Crippen LogP contribution in [0.15, 0.2) is 78.0 Å². The average Bonchev–Trinajstić information content (AvgIpc) is 2.89. The Kier molecular flexibility index (Phi) is 5.39. The van der Waals surface area contributed by atoms with Gasteiger partial charge in [-0.05, 0) is 24.1 Å². The predicted molar refractivity (Wildman–Crippen MR) is 114 cm³/mol. The fraction of sp³-hybridized carbons (Fsp3) is 0.136. The highest BCUT2D eigenvalue weighted by molar-refractivity contribution is 7.99. The van der Waals surface area contributed by atoms with Crippen LogP contribution in [-0.2, 0) is 0 Å². The number of aromatic nitrogens is 3. The fourth-order valence-corrected chi connectivity index (χ4v) is 3.45. The summed E-state index contributed by atoms with van der Waals surface area (Å²) in [4.78, 5) is 4.60. The Morgan fingerprint density at radius 1 is 1.14 bits per heavy atom. The maximum absolute atomic E-state index is 6.26. The van der Waals surface area contributed by atoms with Crippen molar-refractivity contribution in [2.75, 3.05) is 11.1 Å². The molecule has 5 nitrogen and oxygen atoms in total. The first-order valence-corrected chi connectivity index (χ1v) is 9.97. The van der Waals surface area contributed by atoms with Crippen LogP contribution < -0.4 is 10.1 Å². The Balaban J connectivity index is 1.74. The van der Waals surface area contributed by atoms with E-state index in [1.165, 1.54) is 11.8 Å². The summed E-state index contributed by atoms with van der Waals surface area (Å²) in [6, 6.07) is 18.1. The molecule has 0 saturated carbocycles. The summed E-state index contributed by atoms with van der Waals surface area (Å²) in [6.45, 7) is 5.78. The van der Waals surface area contributed by atoms with Crippen molar-refractivity contribution >= 4 is 23.5 Å². The van der Waals surface area contributed by atoms with Crippen molar-refractivity contribution in [3.05, 3.63) is 78.4 Å². The molecule has 2 heterocycles. The number of anilines is 1. The molecule has 3 aromatic rings. The van der Waals surface area contributed by atoms with Gasteiger partial charge in [0.05, 0.1) is 0 Å². The molecule has 28 heavy (non-hydrogen) atoms. The van der Waals surface area contributed by atoms with E-state index in [1.54, 1.807) is 0 Å².